The predicted octanol–water partition coefficient (Wildman–Crippen LogP) is 3.07. The first kappa shape index (κ1) is 14.4. The summed E-state index contributed by atoms with van der Waals surface area (Å²) in [4.78, 5) is 12.3. The van der Waals surface area contributed by atoms with E-state index in [-0.39, 0.29) is 11.4 Å². The topological polar surface area (TPSA) is 52.2 Å². The fraction of sp³-hybridized carbons (Fsp3) is 0.133. The van der Waals surface area contributed by atoms with E-state index in [1.807, 2.05) is 15.8 Å². The molecule has 8 heteroatoms. The quantitative estimate of drug-likeness (QED) is 0.535. The van der Waals surface area contributed by atoms with Crippen molar-refractivity contribution >= 4 is 39.1 Å². The summed E-state index contributed by atoms with van der Waals surface area (Å²) >= 11 is 2.91. The smallest absolute Gasteiger partial charge is 0.272 e. The molecule has 3 aromatic heterocycles. The number of thiophene rings is 1. The second-order valence-electron chi connectivity index (χ2n) is 5.03. The monoisotopic (exact) mass is 346 g/mol. The summed E-state index contributed by atoms with van der Waals surface area (Å²) < 4.78 is 17.0. The van der Waals surface area contributed by atoms with Gasteiger partial charge in [0, 0.05) is 12.8 Å². The van der Waals surface area contributed by atoms with Crippen LogP contribution in [0, 0.1) is 5.82 Å². The number of aromatic nitrogens is 4. The van der Waals surface area contributed by atoms with Crippen LogP contribution in [0.15, 0.2) is 45.7 Å². The van der Waals surface area contributed by atoms with Crippen molar-refractivity contribution in [3.63, 3.8) is 0 Å². The van der Waals surface area contributed by atoms with Gasteiger partial charge in [-0.3, -0.25) is 13.8 Å². The molecule has 0 aliphatic carbocycles. The van der Waals surface area contributed by atoms with Crippen molar-refractivity contribution in [1.82, 2.24) is 19.2 Å². The van der Waals surface area contributed by atoms with Crippen molar-refractivity contribution in [3.05, 3.63) is 57.4 Å². The third-order valence-electron chi connectivity index (χ3n) is 3.58. The summed E-state index contributed by atoms with van der Waals surface area (Å²) in [6.45, 7) is 0. The van der Waals surface area contributed by atoms with Gasteiger partial charge in [-0.2, -0.15) is 0 Å². The fourth-order valence-electron chi connectivity index (χ4n) is 2.39. The van der Waals surface area contributed by atoms with Crippen LogP contribution < -0.4 is 5.56 Å². The van der Waals surface area contributed by atoms with E-state index >= 15 is 0 Å². The minimum atomic E-state index is -0.248. The van der Waals surface area contributed by atoms with Crippen molar-refractivity contribution in [3.8, 4) is 0 Å². The average Bonchev–Trinajstić information content (AvgIpc) is 3.18. The summed E-state index contributed by atoms with van der Waals surface area (Å²) in [6, 6.07) is 8.29. The molecule has 23 heavy (non-hydrogen) atoms. The molecule has 0 radical (unpaired) electrons. The summed E-state index contributed by atoms with van der Waals surface area (Å²) in [5, 5.41) is 10.9. The van der Waals surface area contributed by atoms with E-state index < -0.39 is 0 Å². The Labute approximate surface area is 138 Å². The maximum Gasteiger partial charge on any atom is 0.272 e. The van der Waals surface area contributed by atoms with Gasteiger partial charge in [-0.25, -0.2) is 4.39 Å². The van der Waals surface area contributed by atoms with Gasteiger partial charge in [-0.15, -0.1) is 21.5 Å². The Hall–Kier alpha value is -2.19. The van der Waals surface area contributed by atoms with Crippen LogP contribution in [0.3, 0.4) is 0 Å². The number of halogens is 1. The third-order valence-corrected chi connectivity index (χ3v) is 5.47. The van der Waals surface area contributed by atoms with Crippen LogP contribution in [0.4, 0.5) is 4.39 Å². The standard InChI is InChI=1S/C15H11FN4OS2/c1-19-13(21)12-11(6-7-22-12)20-14(19)17-18-15(20)23-8-9-2-4-10(16)5-3-9/h2-7H,8H2,1H3. The second-order valence-corrected chi connectivity index (χ2v) is 6.89. The van der Waals surface area contributed by atoms with E-state index in [1.54, 1.807) is 19.2 Å². The van der Waals surface area contributed by atoms with Gasteiger partial charge in [-0.1, -0.05) is 23.9 Å². The van der Waals surface area contributed by atoms with Crippen molar-refractivity contribution < 1.29 is 4.39 Å². The van der Waals surface area contributed by atoms with Gasteiger partial charge in [0.2, 0.25) is 5.78 Å². The Balaban J connectivity index is 1.79. The minimum absolute atomic E-state index is 0.0648. The number of thioether (sulfide) groups is 1. The molecule has 0 amide bonds. The van der Waals surface area contributed by atoms with E-state index in [0.717, 1.165) is 11.1 Å². The molecule has 4 rings (SSSR count). The average molecular weight is 346 g/mol. The van der Waals surface area contributed by atoms with Crippen molar-refractivity contribution in [2.75, 3.05) is 0 Å². The fourth-order valence-corrected chi connectivity index (χ4v) is 4.14. The molecule has 116 valence electrons. The van der Waals surface area contributed by atoms with E-state index in [0.29, 0.717) is 21.4 Å². The van der Waals surface area contributed by atoms with Gasteiger partial charge < -0.3 is 0 Å². The number of hydrogen-bond donors (Lipinski definition) is 0. The van der Waals surface area contributed by atoms with Gasteiger partial charge >= 0.3 is 0 Å². The van der Waals surface area contributed by atoms with Crippen LogP contribution in [0.25, 0.3) is 16.0 Å². The highest BCUT2D eigenvalue weighted by Crippen LogP contribution is 2.26. The van der Waals surface area contributed by atoms with Crippen LogP contribution in [0.2, 0.25) is 0 Å². The van der Waals surface area contributed by atoms with Crippen molar-refractivity contribution in [1.29, 1.82) is 0 Å². The lowest BCUT2D eigenvalue weighted by atomic mass is 10.2. The second kappa shape index (κ2) is 5.47. The van der Waals surface area contributed by atoms with Crippen LogP contribution in [0.5, 0.6) is 0 Å². The lowest BCUT2D eigenvalue weighted by Gasteiger charge is -2.05. The first-order chi connectivity index (χ1) is 11.1. The number of aryl methyl sites for hydroxylation is 1. The molecule has 0 saturated carbocycles. The van der Waals surface area contributed by atoms with Crippen LogP contribution >= 0.6 is 23.1 Å². The number of rotatable bonds is 3. The summed E-state index contributed by atoms with van der Waals surface area (Å²) in [7, 11) is 1.69. The Morgan fingerprint density at radius 1 is 1.22 bits per heavy atom. The number of hydrogen-bond acceptors (Lipinski definition) is 5. The predicted molar refractivity (Wildman–Crippen MR) is 89.6 cm³/mol. The van der Waals surface area contributed by atoms with Gasteiger partial charge in [0.05, 0.1) is 5.52 Å². The van der Waals surface area contributed by atoms with Gasteiger partial charge in [-0.05, 0) is 29.1 Å². The van der Waals surface area contributed by atoms with E-state index in [1.165, 1.54) is 39.8 Å². The highest BCUT2D eigenvalue weighted by Gasteiger charge is 2.15. The maximum absolute atomic E-state index is 13.0. The molecule has 0 aliphatic rings. The minimum Gasteiger partial charge on any atom is -0.279 e. The lowest BCUT2D eigenvalue weighted by molar-refractivity contribution is 0.627. The first-order valence-electron chi connectivity index (χ1n) is 6.84. The lowest BCUT2D eigenvalue weighted by Crippen LogP contribution is -2.18. The number of fused-ring (bicyclic) bond motifs is 3. The summed E-state index contributed by atoms with van der Waals surface area (Å²) in [5.74, 6) is 0.916. The molecule has 0 aliphatic heterocycles. The van der Waals surface area contributed by atoms with Gasteiger partial charge in [0.1, 0.15) is 10.5 Å². The highest BCUT2D eigenvalue weighted by atomic mass is 32.2. The SMILES string of the molecule is Cn1c(=O)c2sccc2n2c(SCc3ccc(F)cc3)nnc12. The molecule has 5 nitrogen and oxygen atoms in total. The molecule has 0 bridgehead atoms. The third kappa shape index (κ3) is 2.34. The molecule has 0 spiro atoms. The zero-order valence-corrected chi connectivity index (χ0v) is 13.7. The molecule has 0 atom stereocenters. The molecule has 0 fully saturated rings. The molecule has 0 saturated heterocycles. The Kier molecular flexibility index (Phi) is 3.42. The molecule has 1 aromatic carbocycles. The Morgan fingerprint density at radius 3 is 2.78 bits per heavy atom. The van der Waals surface area contributed by atoms with E-state index in [2.05, 4.69) is 10.2 Å². The zero-order chi connectivity index (χ0) is 16.0. The van der Waals surface area contributed by atoms with Crippen molar-refractivity contribution in [2.24, 2.45) is 7.05 Å². The maximum atomic E-state index is 13.0. The highest BCUT2D eigenvalue weighted by molar-refractivity contribution is 7.98. The Bertz CT molecular complexity index is 1060. The molecule has 0 unspecified atom stereocenters. The molecular formula is C15H11FN4OS2. The molecule has 3 heterocycles. The van der Waals surface area contributed by atoms with Crippen molar-refractivity contribution in [2.45, 2.75) is 10.9 Å². The molecular weight excluding hydrogens is 335 g/mol. The van der Waals surface area contributed by atoms with Gasteiger partial charge in [0.25, 0.3) is 5.56 Å². The number of nitrogens with zero attached hydrogens (tertiary/aromatic N) is 4. The Morgan fingerprint density at radius 2 is 2.00 bits per heavy atom. The van der Waals surface area contributed by atoms with E-state index in [4.69, 9.17) is 0 Å². The molecule has 4 aromatic rings. The van der Waals surface area contributed by atoms with Gasteiger partial charge in [0.15, 0.2) is 5.16 Å². The summed E-state index contributed by atoms with van der Waals surface area (Å²) in [6.07, 6.45) is 0. The largest absolute Gasteiger partial charge is 0.279 e. The van der Waals surface area contributed by atoms with E-state index in [9.17, 15) is 9.18 Å². The summed E-state index contributed by atoms with van der Waals surface area (Å²) in [5.41, 5.74) is 1.75. The van der Waals surface area contributed by atoms with Crippen LogP contribution in [-0.2, 0) is 12.8 Å². The normalized spacial score (nSPS) is 11.6. The number of benzene rings is 1. The molecule has 0 N–H and O–H groups in total. The van der Waals surface area contributed by atoms with Crippen LogP contribution in [0.1, 0.15) is 5.56 Å². The first-order valence-corrected chi connectivity index (χ1v) is 8.70. The van der Waals surface area contributed by atoms with Crippen LogP contribution in [-0.4, -0.2) is 19.2 Å². The zero-order valence-electron chi connectivity index (χ0n) is 12.1.